The molecule has 0 bridgehead atoms. The van der Waals surface area contributed by atoms with Crippen LogP contribution < -0.4 is 0 Å². The van der Waals surface area contributed by atoms with Gasteiger partial charge in [0.25, 0.3) is 5.91 Å². The number of ether oxygens (including phenoxy) is 1. The summed E-state index contributed by atoms with van der Waals surface area (Å²) in [6.07, 6.45) is 4.39. The summed E-state index contributed by atoms with van der Waals surface area (Å²) in [6, 6.07) is 0. The minimum atomic E-state index is -0.125. The molecule has 2 rings (SSSR count). The molecule has 1 amide bonds. The van der Waals surface area contributed by atoms with Crippen molar-refractivity contribution in [1.29, 1.82) is 0 Å². The summed E-state index contributed by atoms with van der Waals surface area (Å²) in [5, 5.41) is 0.392. The third kappa shape index (κ3) is 3.45. The van der Waals surface area contributed by atoms with Crippen molar-refractivity contribution in [2.45, 2.75) is 39.3 Å². The molecule has 2 heterocycles. The zero-order valence-electron chi connectivity index (χ0n) is 11.6. The number of rotatable bonds is 4. The van der Waals surface area contributed by atoms with Crippen LogP contribution in [0.2, 0.25) is 10.3 Å². The third-order valence-electron chi connectivity index (χ3n) is 3.38. The Bertz CT molecular complexity index is 468. The molecule has 0 aromatic carbocycles. The molecule has 7 heteroatoms. The summed E-state index contributed by atoms with van der Waals surface area (Å²) in [6.45, 7) is 4.11. The number of hydrogen-bond donors (Lipinski definition) is 0. The molecule has 1 aliphatic heterocycles. The van der Waals surface area contributed by atoms with Crippen molar-refractivity contribution in [1.82, 2.24) is 14.5 Å². The lowest BCUT2D eigenvalue weighted by Crippen LogP contribution is -2.34. The Morgan fingerprint density at radius 2 is 1.90 bits per heavy atom. The van der Waals surface area contributed by atoms with Gasteiger partial charge in [-0.2, -0.15) is 0 Å². The summed E-state index contributed by atoms with van der Waals surface area (Å²) in [5.74, 6) is 0.135. The zero-order valence-corrected chi connectivity index (χ0v) is 13.1. The van der Waals surface area contributed by atoms with E-state index in [2.05, 4.69) is 4.98 Å². The van der Waals surface area contributed by atoms with Crippen molar-refractivity contribution in [3.63, 3.8) is 0 Å². The van der Waals surface area contributed by atoms with Crippen LogP contribution in [-0.4, -0.2) is 40.1 Å². The first kappa shape index (κ1) is 15.6. The highest BCUT2D eigenvalue weighted by molar-refractivity contribution is 6.40. The van der Waals surface area contributed by atoms with Gasteiger partial charge in [-0.3, -0.25) is 9.36 Å². The molecule has 112 valence electrons. The molecule has 1 saturated heterocycles. The molecule has 0 N–H and O–H groups in total. The maximum atomic E-state index is 12.6. The first-order chi connectivity index (χ1) is 9.65. The second-order valence-corrected chi connectivity index (χ2v) is 5.49. The lowest BCUT2D eigenvalue weighted by atomic mass is 10.2. The second kappa shape index (κ2) is 7.29. The Balaban J connectivity index is 2.21. The predicted octanol–water partition coefficient (Wildman–Crippen LogP) is 3.20. The van der Waals surface area contributed by atoms with Crippen LogP contribution in [0.1, 0.15) is 43.2 Å². The summed E-state index contributed by atoms with van der Waals surface area (Å²) in [5.41, 5.74) is 0. The maximum absolute atomic E-state index is 12.6. The van der Waals surface area contributed by atoms with Gasteiger partial charge in [0, 0.05) is 19.7 Å². The van der Waals surface area contributed by atoms with E-state index in [0.29, 0.717) is 6.61 Å². The average molecular weight is 320 g/mol. The van der Waals surface area contributed by atoms with Gasteiger partial charge >= 0.3 is 0 Å². The number of imidazole rings is 1. The van der Waals surface area contributed by atoms with Gasteiger partial charge in [-0.05, 0) is 19.8 Å². The van der Waals surface area contributed by atoms with Gasteiger partial charge in [-0.1, -0.05) is 36.0 Å². The van der Waals surface area contributed by atoms with E-state index in [-0.39, 0.29) is 28.8 Å². The smallest absolute Gasteiger partial charge is 0.290 e. The van der Waals surface area contributed by atoms with E-state index in [1.165, 1.54) is 17.4 Å². The van der Waals surface area contributed by atoms with Gasteiger partial charge in [0.05, 0.1) is 0 Å². The van der Waals surface area contributed by atoms with Crippen LogP contribution in [0.25, 0.3) is 0 Å². The van der Waals surface area contributed by atoms with Crippen LogP contribution >= 0.6 is 23.2 Å². The lowest BCUT2D eigenvalue weighted by Gasteiger charge is -2.20. The number of aromatic nitrogens is 2. The minimum absolute atomic E-state index is 0.125. The summed E-state index contributed by atoms with van der Waals surface area (Å²) < 4.78 is 6.85. The second-order valence-electron chi connectivity index (χ2n) is 4.77. The Morgan fingerprint density at radius 1 is 1.25 bits per heavy atom. The number of nitrogens with zero attached hydrogens (tertiary/aromatic N) is 3. The molecule has 0 radical (unpaired) electrons. The van der Waals surface area contributed by atoms with E-state index in [1.807, 2.05) is 11.8 Å². The third-order valence-corrected chi connectivity index (χ3v) is 4.12. The number of likely N-dealkylation sites (tertiary alicyclic amines) is 1. The van der Waals surface area contributed by atoms with E-state index >= 15 is 0 Å². The largest absolute Gasteiger partial charge is 0.361 e. The molecule has 0 atom stereocenters. The highest BCUT2D eigenvalue weighted by atomic mass is 35.5. The minimum Gasteiger partial charge on any atom is -0.361 e. The van der Waals surface area contributed by atoms with Gasteiger partial charge in [-0.15, -0.1) is 0 Å². The van der Waals surface area contributed by atoms with Gasteiger partial charge in [-0.25, -0.2) is 4.98 Å². The summed E-state index contributed by atoms with van der Waals surface area (Å²) >= 11 is 12.0. The molecule has 0 saturated carbocycles. The molecule has 1 aromatic heterocycles. The topological polar surface area (TPSA) is 47.4 Å². The molecule has 1 aromatic rings. The fraction of sp³-hybridized carbons (Fsp3) is 0.692. The van der Waals surface area contributed by atoms with Crippen molar-refractivity contribution < 1.29 is 9.53 Å². The van der Waals surface area contributed by atoms with Crippen LogP contribution in [0.4, 0.5) is 0 Å². The molecular weight excluding hydrogens is 301 g/mol. The molecule has 0 spiro atoms. The van der Waals surface area contributed by atoms with Crippen LogP contribution in [-0.2, 0) is 11.5 Å². The normalized spacial score (nSPS) is 16.2. The monoisotopic (exact) mass is 319 g/mol. The standard InChI is InChI=1S/C13H19Cl2N3O2/c1-2-20-9-18-11(15)10(14)16-12(18)13(19)17-7-5-3-4-6-8-17/h2-9H2,1H3. The molecule has 0 unspecified atom stereocenters. The maximum Gasteiger partial charge on any atom is 0.290 e. The van der Waals surface area contributed by atoms with Crippen molar-refractivity contribution in [3.05, 3.63) is 16.1 Å². The average Bonchev–Trinajstić information content (AvgIpc) is 2.66. The van der Waals surface area contributed by atoms with Gasteiger partial charge < -0.3 is 9.64 Å². The molecule has 1 aliphatic rings. The number of carbonyl (C=O) groups is 1. The SMILES string of the molecule is CCOCn1c(C(=O)N2CCCCCC2)nc(Cl)c1Cl. The Labute approximate surface area is 128 Å². The predicted molar refractivity (Wildman–Crippen MR) is 78.2 cm³/mol. The van der Waals surface area contributed by atoms with Gasteiger partial charge in [0.1, 0.15) is 11.9 Å². The van der Waals surface area contributed by atoms with E-state index < -0.39 is 0 Å². The van der Waals surface area contributed by atoms with Crippen molar-refractivity contribution >= 4 is 29.1 Å². The molecule has 5 nitrogen and oxygen atoms in total. The van der Waals surface area contributed by atoms with Gasteiger partial charge in [0.2, 0.25) is 5.82 Å². The molecular formula is C13H19Cl2N3O2. The first-order valence-corrected chi connectivity index (χ1v) is 7.69. The number of halogens is 2. The fourth-order valence-electron chi connectivity index (χ4n) is 2.28. The van der Waals surface area contributed by atoms with Crippen LogP contribution in [0.5, 0.6) is 0 Å². The Hall–Kier alpha value is -0.780. The van der Waals surface area contributed by atoms with Crippen LogP contribution in [0.15, 0.2) is 0 Å². The Kier molecular flexibility index (Phi) is 5.69. The Morgan fingerprint density at radius 3 is 2.50 bits per heavy atom. The van der Waals surface area contributed by atoms with E-state index in [1.54, 1.807) is 0 Å². The number of carbonyl (C=O) groups excluding carboxylic acids is 1. The quantitative estimate of drug-likeness (QED) is 0.856. The summed E-state index contributed by atoms with van der Waals surface area (Å²) in [7, 11) is 0. The van der Waals surface area contributed by atoms with E-state index in [9.17, 15) is 4.79 Å². The van der Waals surface area contributed by atoms with Crippen molar-refractivity contribution in [2.75, 3.05) is 19.7 Å². The van der Waals surface area contributed by atoms with Crippen molar-refractivity contribution in [2.24, 2.45) is 0 Å². The van der Waals surface area contributed by atoms with Crippen molar-refractivity contribution in [3.8, 4) is 0 Å². The number of hydrogen-bond acceptors (Lipinski definition) is 3. The van der Waals surface area contributed by atoms with E-state index in [4.69, 9.17) is 27.9 Å². The highest BCUT2D eigenvalue weighted by Crippen LogP contribution is 2.24. The van der Waals surface area contributed by atoms with E-state index in [0.717, 1.165) is 25.9 Å². The molecule has 1 fully saturated rings. The molecule has 0 aliphatic carbocycles. The molecule has 20 heavy (non-hydrogen) atoms. The van der Waals surface area contributed by atoms with Crippen LogP contribution in [0, 0.1) is 0 Å². The van der Waals surface area contributed by atoms with Gasteiger partial charge in [0.15, 0.2) is 5.15 Å². The zero-order chi connectivity index (χ0) is 14.5. The van der Waals surface area contributed by atoms with Crippen LogP contribution in [0.3, 0.4) is 0 Å². The fourth-order valence-corrected chi connectivity index (χ4v) is 2.64. The first-order valence-electron chi connectivity index (χ1n) is 6.93. The number of amides is 1. The lowest BCUT2D eigenvalue weighted by molar-refractivity contribution is 0.0670. The summed E-state index contributed by atoms with van der Waals surface area (Å²) in [4.78, 5) is 18.5. The highest BCUT2D eigenvalue weighted by Gasteiger charge is 2.25.